The Kier molecular flexibility index (Phi) is 4.75. The van der Waals surface area contributed by atoms with Gasteiger partial charge in [0.05, 0.1) is 23.1 Å². The summed E-state index contributed by atoms with van der Waals surface area (Å²) in [4.78, 5) is 18.8. The minimum absolute atomic E-state index is 0.0285. The fourth-order valence-electron chi connectivity index (χ4n) is 2.63. The van der Waals surface area contributed by atoms with E-state index in [1.807, 2.05) is 0 Å². The molecule has 136 valence electrons. The average Bonchev–Trinajstić information content (AvgIpc) is 3.29. The Morgan fingerprint density at radius 3 is 2.74 bits per heavy atom. The number of carbonyl (C=O) groups is 1. The summed E-state index contributed by atoms with van der Waals surface area (Å²) in [5.41, 5.74) is 0.454. The van der Waals surface area contributed by atoms with Crippen molar-refractivity contribution in [1.29, 1.82) is 0 Å². The molecule has 4 nitrogen and oxygen atoms in total. The minimum Gasteiger partial charge on any atom is -0.467 e. The van der Waals surface area contributed by atoms with E-state index in [0.717, 1.165) is 17.4 Å². The van der Waals surface area contributed by atoms with Crippen molar-refractivity contribution in [1.82, 2.24) is 4.98 Å². The molecule has 0 unspecified atom stereocenters. The molecule has 1 amide bonds. The van der Waals surface area contributed by atoms with E-state index in [-0.39, 0.29) is 23.1 Å². The van der Waals surface area contributed by atoms with E-state index in [1.165, 1.54) is 17.2 Å². The van der Waals surface area contributed by atoms with E-state index in [9.17, 15) is 13.6 Å². The maximum Gasteiger partial charge on any atom is 0.261 e. The van der Waals surface area contributed by atoms with Crippen LogP contribution in [0.2, 0.25) is 0 Å². The van der Waals surface area contributed by atoms with E-state index in [4.69, 9.17) is 4.42 Å². The van der Waals surface area contributed by atoms with E-state index < -0.39 is 11.6 Å². The molecular formula is C19H11BrF2N2O2S. The monoisotopic (exact) mass is 448 g/mol. The molecule has 0 saturated carbocycles. The van der Waals surface area contributed by atoms with E-state index in [0.29, 0.717) is 20.5 Å². The molecule has 0 fully saturated rings. The van der Waals surface area contributed by atoms with Crippen LogP contribution in [0.15, 0.2) is 63.7 Å². The Morgan fingerprint density at radius 2 is 2.00 bits per heavy atom. The predicted molar refractivity (Wildman–Crippen MR) is 103 cm³/mol. The Bertz CT molecular complexity index is 1130. The van der Waals surface area contributed by atoms with Gasteiger partial charge in [-0.05, 0) is 46.3 Å². The largest absolute Gasteiger partial charge is 0.467 e. The normalized spacial score (nSPS) is 11.1. The lowest BCUT2D eigenvalue weighted by Crippen LogP contribution is -2.30. The summed E-state index contributed by atoms with van der Waals surface area (Å²) in [5, 5.41) is 0.256. The molecular weight excluding hydrogens is 438 g/mol. The number of fused-ring (bicyclic) bond motifs is 1. The maximum atomic E-state index is 14.1. The second kappa shape index (κ2) is 7.21. The van der Waals surface area contributed by atoms with Gasteiger partial charge in [0.25, 0.3) is 5.91 Å². The van der Waals surface area contributed by atoms with Gasteiger partial charge in [-0.15, -0.1) is 0 Å². The summed E-state index contributed by atoms with van der Waals surface area (Å²) < 4.78 is 33.9. The molecule has 0 saturated heterocycles. The number of carbonyl (C=O) groups excluding carboxylic acids is 1. The Morgan fingerprint density at radius 1 is 1.19 bits per heavy atom. The maximum absolute atomic E-state index is 14.1. The van der Waals surface area contributed by atoms with Gasteiger partial charge >= 0.3 is 0 Å². The summed E-state index contributed by atoms with van der Waals surface area (Å²) in [5.74, 6) is -1.25. The zero-order chi connectivity index (χ0) is 19.0. The highest BCUT2D eigenvalue weighted by molar-refractivity contribution is 9.10. The first kappa shape index (κ1) is 17.8. The van der Waals surface area contributed by atoms with Crippen LogP contribution in [0.3, 0.4) is 0 Å². The van der Waals surface area contributed by atoms with Crippen LogP contribution in [0, 0.1) is 11.6 Å². The summed E-state index contributed by atoms with van der Waals surface area (Å²) in [7, 11) is 0. The van der Waals surface area contributed by atoms with Crippen molar-refractivity contribution in [2.75, 3.05) is 4.90 Å². The van der Waals surface area contributed by atoms with Gasteiger partial charge in [-0.3, -0.25) is 9.69 Å². The van der Waals surface area contributed by atoms with Crippen molar-refractivity contribution >= 4 is 48.5 Å². The van der Waals surface area contributed by atoms with Crippen molar-refractivity contribution in [2.45, 2.75) is 6.54 Å². The van der Waals surface area contributed by atoms with Crippen molar-refractivity contribution in [3.63, 3.8) is 0 Å². The number of benzene rings is 2. The second-order valence-corrected chi connectivity index (χ2v) is 7.54. The van der Waals surface area contributed by atoms with Crippen LogP contribution >= 0.6 is 27.3 Å². The van der Waals surface area contributed by atoms with Gasteiger partial charge in [0.2, 0.25) is 0 Å². The number of furan rings is 1. The van der Waals surface area contributed by atoms with Crippen LogP contribution in [0.25, 0.3) is 10.2 Å². The molecule has 0 aliphatic rings. The topological polar surface area (TPSA) is 46.3 Å². The number of halogens is 3. The smallest absolute Gasteiger partial charge is 0.261 e. The number of hydrogen-bond acceptors (Lipinski definition) is 4. The van der Waals surface area contributed by atoms with Gasteiger partial charge in [-0.1, -0.05) is 23.5 Å². The molecule has 4 rings (SSSR count). The summed E-state index contributed by atoms with van der Waals surface area (Å²) >= 11 is 4.42. The minimum atomic E-state index is -0.765. The van der Waals surface area contributed by atoms with E-state index >= 15 is 0 Å². The SMILES string of the molecule is O=C(c1ccccc1Br)N(Cc1ccco1)c1nc2c(F)cc(F)cc2s1. The molecule has 2 aromatic heterocycles. The summed E-state index contributed by atoms with van der Waals surface area (Å²) in [6.45, 7) is 0.108. The Labute approximate surface area is 165 Å². The van der Waals surface area contributed by atoms with E-state index in [2.05, 4.69) is 20.9 Å². The lowest BCUT2D eigenvalue weighted by Gasteiger charge is -2.19. The van der Waals surface area contributed by atoms with Crippen LogP contribution in [0.4, 0.5) is 13.9 Å². The number of aromatic nitrogens is 1. The molecule has 0 radical (unpaired) electrons. The first-order valence-electron chi connectivity index (χ1n) is 7.87. The van der Waals surface area contributed by atoms with Crippen LogP contribution in [-0.2, 0) is 6.54 Å². The molecule has 0 aliphatic carbocycles. The number of nitrogens with zero attached hydrogens (tertiary/aromatic N) is 2. The third-order valence-corrected chi connectivity index (χ3v) is 5.59. The molecule has 27 heavy (non-hydrogen) atoms. The van der Waals surface area contributed by atoms with Crippen molar-refractivity contribution in [3.8, 4) is 0 Å². The highest BCUT2D eigenvalue weighted by Gasteiger charge is 2.25. The third-order valence-electron chi connectivity index (χ3n) is 3.88. The molecule has 2 heterocycles. The van der Waals surface area contributed by atoms with Gasteiger partial charge in [0, 0.05) is 10.5 Å². The first-order valence-corrected chi connectivity index (χ1v) is 9.48. The standard InChI is InChI=1S/C19H11BrF2N2O2S/c20-14-6-2-1-5-13(14)18(25)24(10-12-4-3-7-26-12)19-23-17-15(22)8-11(21)9-16(17)27-19/h1-9H,10H2. The molecule has 0 atom stereocenters. The van der Waals surface area contributed by atoms with Gasteiger partial charge in [-0.2, -0.15) is 0 Å². The fraction of sp³-hybridized carbons (Fsp3) is 0.0526. The molecule has 0 bridgehead atoms. The molecule has 0 aliphatic heterocycles. The number of anilines is 1. The predicted octanol–water partition coefficient (Wildman–Crippen LogP) is 5.78. The highest BCUT2D eigenvalue weighted by atomic mass is 79.9. The number of thiazole rings is 1. The lowest BCUT2D eigenvalue weighted by atomic mass is 10.2. The van der Waals surface area contributed by atoms with Crippen LogP contribution in [-0.4, -0.2) is 10.9 Å². The fourth-order valence-corrected chi connectivity index (χ4v) is 4.08. The zero-order valence-electron chi connectivity index (χ0n) is 13.7. The Balaban J connectivity index is 1.82. The summed E-state index contributed by atoms with van der Waals surface area (Å²) in [6.07, 6.45) is 1.50. The van der Waals surface area contributed by atoms with Gasteiger partial charge in [0.15, 0.2) is 10.9 Å². The number of amides is 1. The molecule has 8 heteroatoms. The Hall–Kier alpha value is -2.58. The molecule has 0 spiro atoms. The highest BCUT2D eigenvalue weighted by Crippen LogP contribution is 2.33. The number of hydrogen-bond donors (Lipinski definition) is 0. The van der Waals surface area contributed by atoms with Gasteiger partial charge in [0.1, 0.15) is 17.1 Å². The van der Waals surface area contributed by atoms with Crippen molar-refractivity contribution in [3.05, 3.63) is 82.2 Å². The van der Waals surface area contributed by atoms with Crippen molar-refractivity contribution in [2.24, 2.45) is 0 Å². The first-order chi connectivity index (χ1) is 13.0. The second-order valence-electron chi connectivity index (χ2n) is 5.68. The molecule has 4 aromatic rings. The molecule has 0 N–H and O–H groups in total. The van der Waals surface area contributed by atoms with Crippen LogP contribution in [0.5, 0.6) is 0 Å². The number of rotatable bonds is 4. The lowest BCUT2D eigenvalue weighted by molar-refractivity contribution is 0.0982. The van der Waals surface area contributed by atoms with Crippen LogP contribution < -0.4 is 4.90 Å². The van der Waals surface area contributed by atoms with Crippen molar-refractivity contribution < 1.29 is 18.0 Å². The molecule has 2 aromatic carbocycles. The third kappa shape index (κ3) is 3.50. The van der Waals surface area contributed by atoms with Crippen LogP contribution in [0.1, 0.15) is 16.1 Å². The zero-order valence-corrected chi connectivity index (χ0v) is 16.1. The quantitative estimate of drug-likeness (QED) is 0.397. The van der Waals surface area contributed by atoms with Gasteiger partial charge in [-0.25, -0.2) is 13.8 Å². The summed E-state index contributed by atoms with van der Waals surface area (Å²) in [6, 6.07) is 12.4. The van der Waals surface area contributed by atoms with Gasteiger partial charge < -0.3 is 4.42 Å². The van der Waals surface area contributed by atoms with E-state index in [1.54, 1.807) is 36.4 Å². The average molecular weight is 449 g/mol.